The molecule has 0 aromatic heterocycles. The summed E-state index contributed by atoms with van der Waals surface area (Å²) in [7, 11) is -3.74. The Morgan fingerprint density at radius 3 is 2.48 bits per heavy atom. The normalized spacial score (nSPS) is 17.1. The van der Waals surface area contributed by atoms with E-state index in [2.05, 4.69) is 5.32 Å². The molecule has 1 heterocycles. The summed E-state index contributed by atoms with van der Waals surface area (Å²) in [6.07, 6.45) is 0. The van der Waals surface area contributed by atoms with Gasteiger partial charge in [-0.1, -0.05) is 29.8 Å². The molecule has 156 valence electrons. The standard InChI is InChI=1S/C20H23ClFN3O3S/c1-15(16-4-2-5-17(21)12-16)23-20(26)14-24-8-10-25(11-9-24)29(27,28)19-7-3-6-18(22)13-19/h2-7,12-13,15H,8-11,14H2,1H3,(H,23,26)/t15-/m0/s1. The van der Waals surface area contributed by atoms with Crippen LogP contribution in [0.25, 0.3) is 0 Å². The third-order valence-corrected chi connectivity index (χ3v) is 6.99. The van der Waals surface area contributed by atoms with Crippen LogP contribution in [-0.4, -0.2) is 56.3 Å². The molecule has 0 saturated carbocycles. The first-order valence-electron chi connectivity index (χ1n) is 9.28. The summed E-state index contributed by atoms with van der Waals surface area (Å²) in [5.41, 5.74) is 0.914. The Hall–Kier alpha value is -2.00. The van der Waals surface area contributed by atoms with Crippen LogP contribution in [0, 0.1) is 5.82 Å². The Bertz CT molecular complexity index is 978. The van der Waals surface area contributed by atoms with Crippen LogP contribution in [0.5, 0.6) is 0 Å². The number of hydrogen-bond acceptors (Lipinski definition) is 4. The number of piperazine rings is 1. The van der Waals surface area contributed by atoms with Crippen molar-refractivity contribution in [2.45, 2.75) is 17.9 Å². The van der Waals surface area contributed by atoms with Crippen molar-refractivity contribution < 1.29 is 17.6 Å². The molecule has 0 bridgehead atoms. The summed E-state index contributed by atoms with van der Waals surface area (Å²) >= 11 is 5.99. The van der Waals surface area contributed by atoms with Crippen LogP contribution < -0.4 is 5.32 Å². The van der Waals surface area contributed by atoms with Crippen molar-refractivity contribution in [1.29, 1.82) is 0 Å². The highest BCUT2D eigenvalue weighted by Gasteiger charge is 2.29. The molecule has 29 heavy (non-hydrogen) atoms. The van der Waals surface area contributed by atoms with Gasteiger partial charge in [-0.2, -0.15) is 4.31 Å². The summed E-state index contributed by atoms with van der Waals surface area (Å²) in [4.78, 5) is 14.2. The van der Waals surface area contributed by atoms with Crippen molar-refractivity contribution >= 4 is 27.5 Å². The molecule has 0 radical (unpaired) electrons. The number of nitrogens with zero attached hydrogens (tertiary/aromatic N) is 2. The van der Waals surface area contributed by atoms with E-state index >= 15 is 0 Å². The minimum Gasteiger partial charge on any atom is -0.348 e. The van der Waals surface area contributed by atoms with Gasteiger partial charge in [-0.15, -0.1) is 0 Å². The molecule has 1 atom stereocenters. The molecule has 3 rings (SSSR count). The minimum atomic E-state index is -3.74. The molecule has 1 saturated heterocycles. The van der Waals surface area contributed by atoms with E-state index in [9.17, 15) is 17.6 Å². The minimum absolute atomic E-state index is 0.0564. The van der Waals surface area contributed by atoms with Gasteiger partial charge in [0.2, 0.25) is 15.9 Å². The third-order valence-electron chi connectivity index (χ3n) is 4.86. The summed E-state index contributed by atoms with van der Waals surface area (Å²) < 4.78 is 40.0. The molecule has 9 heteroatoms. The van der Waals surface area contributed by atoms with Gasteiger partial charge in [-0.25, -0.2) is 12.8 Å². The maximum atomic E-state index is 13.4. The van der Waals surface area contributed by atoms with Crippen LogP contribution in [0.1, 0.15) is 18.5 Å². The summed E-state index contributed by atoms with van der Waals surface area (Å²) in [5.74, 6) is -0.728. The number of sulfonamides is 1. The Balaban J connectivity index is 1.52. The van der Waals surface area contributed by atoms with E-state index in [0.29, 0.717) is 18.1 Å². The van der Waals surface area contributed by atoms with Crippen LogP contribution in [0.15, 0.2) is 53.4 Å². The zero-order valence-electron chi connectivity index (χ0n) is 16.0. The highest BCUT2D eigenvalue weighted by atomic mass is 35.5. The number of benzene rings is 2. The van der Waals surface area contributed by atoms with Gasteiger partial charge in [-0.3, -0.25) is 9.69 Å². The van der Waals surface area contributed by atoms with Crippen molar-refractivity contribution in [2.75, 3.05) is 32.7 Å². The van der Waals surface area contributed by atoms with Gasteiger partial charge >= 0.3 is 0 Å². The molecule has 1 fully saturated rings. The molecular formula is C20H23ClFN3O3S. The van der Waals surface area contributed by atoms with E-state index in [4.69, 9.17) is 11.6 Å². The third kappa shape index (κ3) is 5.54. The lowest BCUT2D eigenvalue weighted by Crippen LogP contribution is -2.51. The van der Waals surface area contributed by atoms with Gasteiger partial charge in [0.25, 0.3) is 0 Å². The van der Waals surface area contributed by atoms with E-state index in [-0.39, 0.29) is 36.5 Å². The zero-order chi connectivity index (χ0) is 21.0. The second kappa shape index (κ2) is 9.21. The number of carbonyl (C=O) groups excluding carboxylic acids is 1. The molecule has 1 amide bonds. The Morgan fingerprint density at radius 2 is 1.83 bits per heavy atom. The van der Waals surface area contributed by atoms with Gasteiger partial charge in [0.05, 0.1) is 17.5 Å². The quantitative estimate of drug-likeness (QED) is 0.751. The van der Waals surface area contributed by atoms with Crippen LogP contribution in [-0.2, 0) is 14.8 Å². The lowest BCUT2D eigenvalue weighted by atomic mass is 10.1. The van der Waals surface area contributed by atoms with E-state index in [1.807, 2.05) is 30.0 Å². The molecule has 1 aliphatic rings. The fourth-order valence-electron chi connectivity index (χ4n) is 3.25. The van der Waals surface area contributed by atoms with Gasteiger partial charge < -0.3 is 5.32 Å². The molecule has 0 unspecified atom stereocenters. The predicted octanol–water partition coefficient (Wildman–Crippen LogP) is 2.66. The first-order chi connectivity index (χ1) is 13.8. The van der Waals surface area contributed by atoms with Crippen molar-refractivity contribution in [3.63, 3.8) is 0 Å². The fraction of sp³-hybridized carbons (Fsp3) is 0.350. The maximum absolute atomic E-state index is 13.4. The largest absolute Gasteiger partial charge is 0.348 e. The number of nitrogens with one attached hydrogen (secondary N) is 1. The van der Waals surface area contributed by atoms with Crippen LogP contribution in [0.2, 0.25) is 5.02 Å². The Kier molecular flexibility index (Phi) is 6.89. The van der Waals surface area contributed by atoms with Crippen molar-refractivity contribution in [3.8, 4) is 0 Å². The number of carbonyl (C=O) groups is 1. The average molecular weight is 440 g/mol. The zero-order valence-corrected chi connectivity index (χ0v) is 17.6. The lowest BCUT2D eigenvalue weighted by molar-refractivity contribution is -0.123. The first kappa shape index (κ1) is 21.7. The smallest absolute Gasteiger partial charge is 0.243 e. The SMILES string of the molecule is C[C@H](NC(=O)CN1CCN(S(=O)(=O)c2cccc(F)c2)CC1)c1cccc(Cl)c1. The fourth-order valence-corrected chi connectivity index (χ4v) is 4.91. The van der Waals surface area contributed by atoms with Crippen molar-refractivity contribution in [2.24, 2.45) is 0 Å². The molecular weight excluding hydrogens is 417 g/mol. The highest BCUT2D eigenvalue weighted by molar-refractivity contribution is 7.89. The second-order valence-corrected chi connectivity index (χ2v) is 9.36. The number of halogens is 2. The molecule has 0 aliphatic carbocycles. The predicted molar refractivity (Wildman–Crippen MR) is 110 cm³/mol. The topological polar surface area (TPSA) is 69.7 Å². The lowest BCUT2D eigenvalue weighted by Gasteiger charge is -2.33. The van der Waals surface area contributed by atoms with Gasteiger partial charge in [0.15, 0.2) is 0 Å². The van der Waals surface area contributed by atoms with Gasteiger partial charge in [0.1, 0.15) is 5.82 Å². The Morgan fingerprint density at radius 1 is 1.14 bits per heavy atom. The monoisotopic (exact) mass is 439 g/mol. The van der Waals surface area contributed by atoms with E-state index < -0.39 is 15.8 Å². The van der Waals surface area contributed by atoms with Crippen molar-refractivity contribution in [3.05, 3.63) is 64.9 Å². The van der Waals surface area contributed by atoms with Crippen LogP contribution >= 0.6 is 11.6 Å². The molecule has 2 aromatic carbocycles. The molecule has 0 spiro atoms. The molecule has 6 nitrogen and oxygen atoms in total. The average Bonchev–Trinajstić information content (AvgIpc) is 2.68. The Labute approximate surface area is 175 Å². The first-order valence-corrected chi connectivity index (χ1v) is 11.1. The molecule has 2 aromatic rings. The summed E-state index contributed by atoms with van der Waals surface area (Å²) in [6, 6.07) is 12.1. The second-order valence-electron chi connectivity index (χ2n) is 6.98. The number of rotatable bonds is 6. The van der Waals surface area contributed by atoms with Gasteiger partial charge in [0, 0.05) is 31.2 Å². The maximum Gasteiger partial charge on any atom is 0.243 e. The van der Waals surface area contributed by atoms with Crippen LogP contribution in [0.4, 0.5) is 4.39 Å². The van der Waals surface area contributed by atoms with Gasteiger partial charge in [-0.05, 0) is 42.8 Å². The molecule has 1 aliphatic heterocycles. The molecule has 1 N–H and O–H groups in total. The van der Waals surface area contributed by atoms with Crippen molar-refractivity contribution in [1.82, 2.24) is 14.5 Å². The number of hydrogen-bond donors (Lipinski definition) is 1. The van der Waals surface area contributed by atoms with E-state index in [0.717, 1.165) is 11.6 Å². The van der Waals surface area contributed by atoms with Crippen LogP contribution in [0.3, 0.4) is 0 Å². The summed E-state index contributed by atoms with van der Waals surface area (Å²) in [5, 5.41) is 3.54. The highest BCUT2D eigenvalue weighted by Crippen LogP contribution is 2.19. The van der Waals surface area contributed by atoms with E-state index in [1.165, 1.54) is 22.5 Å². The summed E-state index contributed by atoms with van der Waals surface area (Å²) in [6.45, 7) is 3.40. The van der Waals surface area contributed by atoms with E-state index in [1.54, 1.807) is 6.07 Å². The number of amides is 1.